The van der Waals surface area contributed by atoms with Gasteiger partial charge < -0.3 is 15.6 Å². The van der Waals surface area contributed by atoms with Gasteiger partial charge in [-0.15, -0.1) is 0 Å². The zero-order valence-electron chi connectivity index (χ0n) is 16.0. The van der Waals surface area contributed by atoms with Gasteiger partial charge in [0.05, 0.1) is 10.0 Å². The Balaban J connectivity index is 1.87. The quantitative estimate of drug-likeness (QED) is 0.563. The number of amides is 2. The zero-order valence-corrected chi connectivity index (χ0v) is 17.6. The zero-order chi connectivity index (χ0) is 22.3. The molecule has 3 N–H and O–H groups in total. The van der Waals surface area contributed by atoms with E-state index >= 15 is 0 Å². The summed E-state index contributed by atoms with van der Waals surface area (Å²) in [5.74, 6) is -2.69. The summed E-state index contributed by atoms with van der Waals surface area (Å²) in [5, 5.41) is 2.50. The first-order valence-electron chi connectivity index (χ1n) is 9.37. The highest BCUT2D eigenvalue weighted by molar-refractivity contribution is 9.10. The molecule has 0 spiro atoms. The van der Waals surface area contributed by atoms with E-state index in [1.807, 2.05) is 0 Å². The topological polar surface area (TPSA) is 94.2 Å². The summed E-state index contributed by atoms with van der Waals surface area (Å²) >= 11 is 3.03. The molecular formula is C22H16BrF2N3O3. The first-order chi connectivity index (χ1) is 14.8. The molecule has 0 unspecified atom stereocenters. The van der Waals surface area contributed by atoms with Crippen molar-refractivity contribution in [2.75, 3.05) is 5.32 Å². The van der Waals surface area contributed by atoms with Gasteiger partial charge in [-0.3, -0.25) is 14.4 Å². The number of aromatic nitrogens is 1. The number of rotatable bonds is 5. The van der Waals surface area contributed by atoms with Crippen LogP contribution in [0, 0.1) is 11.6 Å². The summed E-state index contributed by atoms with van der Waals surface area (Å²) in [7, 11) is 0. The van der Waals surface area contributed by atoms with Crippen molar-refractivity contribution in [2.24, 2.45) is 5.73 Å². The van der Waals surface area contributed by atoms with Crippen LogP contribution in [0.25, 0.3) is 11.1 Å². The highest BCUT2D eigenvalue weighted by Gasteiger charge is 2.31. The average molecular weight is 488 g/mol. The molecule has 1 heterocycles. The highest BCUT2D eigenvalue weighted by Crippen LogP contribution is 2.37. The van der Waals surface area contributed by atoms with E-state index in [-0.39, 0.29) is 38.6 Å². The van der Waals surface area contributed by atoms with E-state index in [1.54, 1.807) is 0 Å². The molecule has 9 heteroatoms. The smallest absolute Gasteiger partial charge is 0.266 e. The van der Waals surface area contributed by atoms with Crippen LogP contribution in [-0.2, 0) is 0 Å². The largest absolute Gasteiger partial charge is 0.364 e. The lowest BCUT2D eigenvalue weighted by Crippen LogP contribution is -2.30. The van der Waals surface area contributed by atoms with Crippen LogP contribution in [0.2, 0.25) is 0 Å². The van der Waals surface area contributed by atoms with Gasteiger partial charge in [-0.2, -0.15) is 0 Å². The maximum atomic E-state index is 13.8. The fourth-order valence-electron chi connectivity index (χ4n) is 3.34. The molecule has 6 nitrogen and oxygen atoms in total. The summed E-state index contributed by atoms with van der Waals surface area (Å²) in [6, 6.07) is 8.93. The molecule has 2 amide bonds. The molecule has 158 valence electrons. The number of carbonyl (C=O) groups excluding carboxylic acids is 2. The maximum absolute atomic E-state index is 13.8. The minimum absolute atomic E-state index is 0.0367. The summed E-state index contributed by atoms with van der Waals surface area (Å²) in [5.41, 5.74) is 4.92. The molecule has 1 aliphatic carbocycles. The van der Waals surface area contributed by atoms with Gasteiger partial charge in [0.15, 0.2) is 0 Å². The Morgan fingerprint density at radius 1 is 1.10 bits per heavy atom. The van der Waals surface area contributed by atoms with Gasteiger partial charge in [-0.05, 0) is 64.7 Å². The number of anilines is 1. The normalized spacial score (nSPS) is 13.1. The van der Waals surface area contributed by atoms with Crippen molar-refractivity contribution in [3.8, 4) is 11.1 Å². The van der Waals surface area contributed by atoms with Crippen molar-refractivity contribution in [1.82, 2.24) is 4.57 Å². The van der Waals surface area contributed by atoms with Crippen LogP contribution in [0.4, 0.5) is 14.5 Å². The second-order valence-electron chi connectivity index (χ2n) is 7.19. The van der Waals surface area contributed by atoms with Crippen molar-refractivity contribution >= 4 is 33.4 Å². The third-order valence-corrected chi connectivity index (χ3v) is 5.61. The third kappa shape index (κ3) is 4.13. The van der Waals surface area contributed by atoms with Crippen LogP contribution < -0.4 is 16.5 Å². The standard InChI is InChI=1S/C22H16BrF2N3O3/c23-16-8-5-13(9-17(16)25)27-22(31)15-10-28(14-6-7-14)19(21(26)30)18(20(15)29)11-1-3-12(24)4-2-11/h1-5,8-10,14H,6-7H2,(H2,26,30)(H,27,31). The highest BCUT2D eigenvalue weighted by atomic mass is 79.9. The number of primary amides is 1. The van der Waals surface area contributed by atoms with E-state index in [1.165, 1.54) is 35.0 Å². The number of nitrogens with one attached hydrogen (secondary N) is 1. The third-order valence-electron chi connectivity index (χ3n) is 4.96. The minimum atomic E-state index is -0.828. The monoisotopic (exact) mass is 487 g/mol. The lowest BCUT2D eigenvalue weighted by atomic mass is 9.99. The SMILES string of the molecule is NC(=O)c1c(-c2ccc(F)cc2)c(=O)c(C(=O)Nc2ccc(Br)c(F)c2)cn1C1CC1. The van der Waals surface area contributed by atoms with E-state index in [9.17, 15) is 23.2 Å². The summed E-state index contributed by atoms with van der Waals surface area (Å²) < 4.78 is 29.0. The molecule has 0 radical (unpaired) electrons. The Morgan fingerprint density at radius 2 is 1.77 bits per heavy atom. The minimum Gasteiger partial charge on any atom is -0.364 e. The number of hydrogen-bond acceptors (Lipinski definition) is 3. The Labute approximate surface area is 183 Å². The molecule has 0 bridgehead atoms. The van der Waals surface area contributed by atoms with E-state index in [4.69, 9.17) is 5.73 Å². The average Bonchev–Trinajstić information content (AvgIpc) is 3.56. The molecule has 3 aromatic rings. The summed E-state index contributed by atoms with van der Waals surface area (Å²) in [6.45, 7) is 0. The molecule has 4 rings (SSSR count). The second kappa shape index (κ2) is 8.07. The molecule has 0 aliphatic heterocycles. The molecule has 1 saturated carbocycles. The van der Waals surface area contributed by atoms with Crippen LogP contribution in [0.5, 0.6) is 0 Å². The van der Waals surface area contributed by atoms with Crippen LogP contribution in [0.3, 0.4) is 0 Å². The first-order valence-corrected chi connectivity index (χ1v) is 10.2. The van der Waals surface area contributed by atoms with Crippen molar-refractivity contribution in [3.05, 3.63) is 86.2 Å². The molecule has 2 aromatic carbocycles. The van der Waals surface area contributed by atoms with Gasteiger partial charge in [0.25, 0.3) is 11.8 Å². The Kier molecular flexibility index (Phi) is 5.45. The summed E-state index contributed by atoms with van der Waals surface area (Å²) in [6.07, 6.45) is 2.81. The van der Waals surface area contributed by atoms with Gasteiger partial charge in [0, 0.05) is 17.9 Å². The van der Waals surface area contributed by atoms with Gasteiger partial charge in [0.1, 0.15) is 22.9 Å². The van der Waals surface area contributed by atoms with Crippen LogP contribution >= 0.6 is 15.9 Å². The lowest BCUT2D eigenvalue weighted by molar-refractivity contribution is 0.0985. The fourth-order valence-corrected chi connectivity index (χ4v) is 3.59. The number of benzene rings is 2. The number of hydrogen-bond donors (Lipinski definition) is 2. The van der Waals surface area contributed by atoms with Crippen molar-refractivity contribution in [2.45, 2.75) is 18.9 Å². The number of pyridine rings is 1. The Morgan fingerprint density at radius 3 is 2.35 bits per heavy atom. The number of nitrogens with two attached hydrogens (primary N) is 1. The van der Waals surface area contributed by atoms with E-state index in [2.05, 4.69) is 21.2 Å². The van der Waals surface area contributed by atoms with Crippen molar-refractivity contribution in [3.63, 3.8) is 0 Å². The van der Waals surface area contributed by atoms with E-state index in [0.717, 1.165) is 31.0 Å². The molecular weight excluding hydrogens is 472 g/mol. The van der Waals surface area contributed by atoms with Crippen LogP contribution in [0.15, 0.2) is 57.9 Å². The molecule has 1 fully saturated rings. The summed E-state index contributed by atoms with van der Waals surface area (Å²) in [4.78, 5) is 38.4. The molecule has 0 saturated heterocycles. The first kappa shape index (κ1) is 20.9. The number of halogens is 3. The Bertz CT molecular complexity index is 1270. The second-order valence-corrected chi connectivity index (χ2v) is 8.04. The van der Waals surface area contributed by atoms with E-state index < -0.39 is 28.9 Å². The predicted octanol–water partition coefficient (Wildman–Crippen LogP) is 4.24. The fraction of sp³-hybridized carbons (Fsp3) is 0.136. The van der Waals surface area contributed by atoms with Gasteiger partial charge in [-0.1, -0.05) is 12.1 Å². The lowest BCUT2D eigenvalue weighted by Gasteiger charge is -2.17. The molecule has 1 aromatic heterocycles. The molecule has 0 atom stereocenters. The maximum Gasteiger partial charge on any atom is 0.266 e. The number of nitrogens with zero attached hydrogens (tertiary/aromatic N) is 1. The van der Waals surface area contributed by atoms with E-state index in [0.29, 0.717) is 0 Å². The van der Waals surface area contributed by atoms with Crippen LogP contribution in [-0.4, -0.2) is 16.4 Å². The van der Waals surface area contributed by atoms with Crippen molar-refractivity contribution in [1.29, 1.82) is 0 Å². The van der Waals surface area contributed by atoms with Crippen molar-refractivity contribution < 1.29 is 18.4 Å². The van der Waals surface area contributed by atoms with Gasteiger partial charge in [-0.25, -0.2) is 8.78 Å². The van der Waals surface area contributed by atoms with Crippen LogP contribution in [0.1, 0.15) is 39.7 Å². The molecule has 1 aliphatic rings. The number of carbonyl (C=O) groups is 2. The van der Waals surface area contributed by atoms with Gasteiger partial charge in [0.2, 0.25) is 5.43 Å². The molecule has 31 heavy (non-hydrogen) atoms. The van der Waals surface area contributed by atoms with Gasteiger partial charge >= 0.3 is 0 Å². The Hall–Kier alpha value is -3.33. The predicted molar refractivity (Wildman–Crippen MR) is 115 cm³/mol.